The number of quaternary nitrogens is 1. The average Bonchev–Trinajstić information content (AvgIpc) is 3.31. The van der Waals surface area contributed by atoms with E-state index in [0.29, 0.717) is 12.1 Å². The molecule has 162 valence electrons. The van der Waals surface area contributed by atoms with Gasteiger partial charge in [0.05, 0.1) is 10.6 Å². The fraction of sp³-hybridized carbons (Fsp3) is 0.227. The molecule has 0 aliphatic heterocycles. The second-order valence-electron chi connectivity index (χ2n) is 7.59. The smallest absolute Gasteiger partial charge is 0.241 e. The lowest BCUT2D eigenvalue weighted by atomic mass is 9.96. The number of aryl methyl sites for hydroxylation is 1. The van der Waals surface area contributed by atoms with Crippen molar-refractivity contribution >= 4 is 15.7 Å². The fourth-order valence-electron chi connectivity index (χ4n) is 4.13. The Morgan fingerprint density at radius 1 is 1.10 bits per heavy atom. The Labute approximate surface area is 181 Å². The largest absolute Gasteiger partial charge is 0.595 e. The monoisotopic (exact) mass is 440 g/mol. The first-order valence-electron chi connectivity index (χ1n) is 9.92. The molecule has 0 fully saturated rings. The molecule has 4 rings (SSSR count). The normalized spacial score (nSPS) is 19.6. The van der Waals surface area contributed by atoms with Gasteiger partial charge in [0.15, 0.2) is 5.69 Å². The van der Waals surface area contributed by atoms with Crippen molar-refractivity contribution in [1.29, 1.82) is 0 Å². The van der Waals surface area contributed by atoms with Crippen molar-refractivity contribution in [2.45, 2.75) is 37.1 Å². The maximum atomic E-state index is 12.6. The first-order chi connectivity index (χ1) is 14.8. The predicted molar refractivity (Wildman–Crippen MR) is 116 cm³/mol. The first-order valence-corrected chi connectivity index (χ1v) is 11.4. The maximum absolute atomic E-state index is 12.6. The van der Waals surface area contributed by atoms with E-state index < -0.39 is 15.2 Å². The quantitative estimate of drug-likeness (QED) is 0.402. The van der Waals surface area contributed by atoms with Crippen LogP contribution in [0.1, 0.15) is 29.3 Å². The molecule has 2 aromatic carbocycles. The Hall–Kier alpha value is -2.82. The van der Waals surface area contributed by atoms with Crippen LogP contribution in [0, 0.1) is 19.1 Å². The van der Waals surface area contributed by atoms with Crippen LogP contribution in [0.15, 0.2) is 71.6 Å². The topological polar surface area (TPSA) is 112 Å². The molecule has 3 N–H and O–H groups in total. The van der Waals surface area contributed by atoms with E-state index in [1.165, 1.54) is 0 Å². The van der Waals surface area contributed by atoms with Crippen LogP contribution in [0.25, 0.3) is 5.69 Å². The molecule has 1 aromatic heterocycles. The number of hydrogen-bond donors (Lipinski definition) is 3. The summed E-state index contributed by atoms with van der Waals surface area (Å²) < 4.78 is 29.7. The molecule has 0 amide bonds. The molecular weight excluding hydrogens is 416 g/mol. The van der Waals surface area contributed by atoms with Crippen LogP contribution in [0.4, 0.5) is 5.69 Å². The van der Waals surface area contributed by atoms with E-state index in [1.54, 1.807) is 59.3 Å². The lowest BCUT2D eigenvalue weighted by Gasteiger charge is -2.17. The van der Waals surface area contributed by atoms with Crippen LogP contribution in [-0.4, -0.2) is 29.4 Å². The van der Waals surface area contributed by atoms with Crippen LogP contribution in [0.5, 0.6) is 0 Å². The number of hydrogen-bond acceptors (Lipinski definition) is 5. The second kappa shape index (κ2) is 8.37. The van der Waals surface area contributed by atoms with E-state index in [-0.39, 0.29) is 22.5 Å². The third-order valence-electron chi connectivity index (χ3n) is 5.52. The molecule has 0 saturated carbocycles. The summed E-state index contributed by atoms with van der Waals surface area (Å²) in [7, 11) is -3.61. The molecule has 9 heteroatoms. The highest BCUT2D eigenvalue weighted by atomic mass is 32.2. The zero-order valence-electron chi connectivity index (χ0n) is 17.2. The molecule has 0 bridgehead atoms. The van der Waals surface area contributed by atoms with Crippen LogP contribution in [-0.2, 0) is 10.0 Å². The summed E-state index contributed by atoms with van der Waals surface area (Å²) in [5.74, 6) is -0.0192. The zero-order valence-corrected chi connectivity index (χ0v) is 18.0. The van der Waals surface area contributed by atoms with E-state index in [0.717, 1.165) is 17.0 Å². The van der Waals surface area contributed by atoms with Crippen molar-refractivity contribution in [3.8, 4) is 5.69 Å². The zero-order chi connectivity index (χ0) is 22.2. The Morgan fingerprint density at radius 2 is 1.77 bits per heavy atom. The molecule has 31 heavy (non-hydrogen) atoms. The summed E-state index contributed by atoms with van der Waals surface area (Å²) in [6, 6.07) is 14.7. The molecule has 1 aliphatic rings. The van der Waals surface area contributed by atoms with Gasteiger partial charge in [-0.3, -0.25) is 0 Å². The van der Waals surface area contributed by atoms with Crippen molar-refractivity contribution in [2.75, 3.05) is 0 Å². The lowest BCUT2D eigenvalue weighted by Crippen LogP contribution is -2.99. The van der Waals surface area contributed by atoms with Crippen LogP contribution in [0.3, 0.4) is 0 Å². The summed E-state index contributed by atoms with van der Waals surface area (Å²) in [4.78, 5) is 0.234. The fourth-order valence-corrected chi connectivity index (χ4v) is 5.36. The van der Waals surface area contributed by atoms with Crippen molar-refractivity contribution < 1.29 is 18.9 Å². The number of nitrogens with zero attached hydrogens (tertiary/aromatic N) is 2. The highest BCUT2D eigenvalue weighted by Crippen LogP contribution is 2.35. The van der Waals surface area contributed by atoms with Gasteiger partial charge in [-0.1, -0.05) is 42.5 Å². The molecule has 0 spiro atoms. The van der Waals surface area contributed by atoms with Crippen LogP contribution in [0.2, 0.25) is 0 Å². The number of allylic oxidation sites excluding steroid dienone is 1. The number of benzene rings is 2. The van der Waals surface area contributed by atoms with Gasteiger partial charge in [-0.15, -0.1) is 0 Å². The Kier molecular flexibility index (Phi) is 5.78. The van der Waals surface area contributed by atoms with E-state index in [2.05, 4.69) is 9.82 Å². The summed E-state index contributed by atoms with van der Waals surface area (Å²) in [6.45, 7) is 3.79. The molecule has 3 aromatic rings. The summed E-state index contributed by atoms with van der Waals surface area (Å²) in [5, 5.41) is 24.7. The highest BCUT2D eigenvalue weighted by Gasteiger charge is 2.29. The molecular formula is C22H24N4O4S. The maximum Gasteiger partial charge on any atom is 0.241 e. The van der Waals surface area contributed by atoms with Gasteiger partial charge in [0.2, 0.25) is 10.0 Å². The van der Waals surface area contributed by atoms with E-state index in [1.807, 2.05) is 26.0 Å². The third-order valence-corrected chi connectivity index (χ3v) is 7.03. The van der Waals surface area contributed by atoms with Crippen molar-refractivity contribution in [3.63, 3.8) is 0 Å². The van der Waals surface area contributed by atoms with Gasteiger partial charge in [-0.25, -0.2) is 23.0 Å². The van der Waals surface area contributed by atoms with Gasteiger partial charge in [0, 0.05) is 29.3 Å². The lowest BCUT2D eigenvalue weighted by molar-refractivity contribution is -0.991. The molecule has 3 atom stereocenters. The Morgan fingerprint density at radius 3 is 2.48 bits per heavy atom. The van der Waals surface area contributed by atoms with Crippen LogP contribution >= 0.6 is 0 Å². The minimum atomic E-state index is -3.61. The van der Waals surface area contributed by atoms with Gasteiger partial charge in [0.25, 0.3) is 0 Å². The predicted octanol–water partition coefficient (Wildman–Crippen LogP) is 2.28. The number of para-hydroxylation sites is 2. The summed E-state index contributed by atoms with van der Waals surface area (Å²) in [5.41, 5.74) is 3.30. The Bertz CT molecular complexity index is 1220. The SMILES string of the molecule is Cc1nn(-c2ccccc2[NH+]([O-])O)c(C)c1[C@@H]1C=C[C@@H](NS(=O)(=O)c2ccccc2)C1. The highest BCUT2D eigenvalue weighted by molar-refractivity contribution is 7.89. The van der Waals surface area contributed by atoms with Gasteiger partial charge >= 0.3 is 0 Å². The van der Waals surface area contributed by atoms with Crippen molar-refractivity contribution in [3.05, 3.63) is 88.9 Å². The van der Waals surface area contributed by atoms with Crippen molar-refractivity contribution in [1.82, 2.24) is 14.5 Å². The average molecular weight is 441 g/mol. The van der Waals surface area contributed by atoms with Crippen LogP contribution < -0.4 is 9.95 Å². The van der Waals surface area contributed by atoms with Gasteiger partial charge in [0.1, 0.15) is 5.69 Å². The third kappa shape index (κ3) is 4.18. The number of rotatable bonds is 6. The summed E-state index contributed by atoms with van der Waals surface area (Å²) in [6.07, 6.45) is 4.43. The van der Waals surface area contributed by atoms with Crippen molar-refractivity contribution in [2.24, 2.45) is 0 Å². The van der Waals surface area contributed by atoms with Gasteiger partial charge < -0.3 is 5.21 Å². The van der Waals surface area contributed by atoms with E-state index in [9.17, 15) is 18.8 Å². The molecule has 0 saturated heterocycles. The summed E-state index contributed by atoms with van der Waals surface area (Å²) >= 11 is 0. The standard InChI is InChI=1S/C22H24N4O4S/c1-15-22(16(2)25(23-15)20-10-6-7-11-21(20)26(27)28)17-12-13-18(14-17)24-31(29,30)19-8-4-3-5-9-19/h3-13,17-18,24,26-27H,14H2,1-2H3/t17-,18-/m1/s1. The molecule has 1 unspecified atom stereocenters. The molecule has 1 heterocycles. The Balaban J connectivity index is 1.58. The van der Waals surface area contributed by atoms with E-state index >= 15 is 0 Å². The molecule has 1 aliphatic carbocycles. The number of sulfonamides is 1. The van der Waals surface area contributed by atoms with Gasteiger partial charge in [-0.05, 0) is 38.5 Å². The number of aromatic nitrogens is 2. The second-order valence-corrected chi connectivity index (χ2v) is 9.30. The van der Waals surface area contributed by atoms with Gasteiger partial charge in [-0.2, -0.15) is 10.3 Å². The first kappa shape index (κ1) is 21.4. The number of nitrogens with one attached hydrogen (secondary N) is 2. The molecule has 8 nitrogen and oxygen atoms in total. The van der Waals surface area contributed by atoms with E-state index in [4.69, 9.17) is 0 Å². The minimum absolute atomic E-state index is 0.0192. The molecule has 0 radical (unpaired) electrons. The minimum Gasteiger partial charge on any atom is -0.595 e.